The van der Waals surface area contributed by atoms with Gasteiger partial charge in [-0.15, -0.1) is 0 Å². The van der Waals surface area contributed by atoms with Crippen molar-refractivity contribution in [2.24, 2.45) is 0 Å². The van der Waals surface area contributed by atoms with Crippen LogP contribution in [0.1, 0.15) is 11.5 Å². The lowest BCUT2D eigenvalue weighted by Crippen LogP contribution is -2.55. The lowest BCUT2D eigenvalue weighted by molar-refractivity contribution is -0.134. The van der Waals surface area contributed by atoms with E-state index < -0.39 is 5.63 Å². The average molecular weight is 301 g/mol. The maximum Gasteiger partial charge on any atom is 0.339 e. The van der Waals surface area contributed by atoms with Crippen LogP contribution in [0.2, 0.25) is 0 Å². The molecule has 3 heterocycles. The summed E-state index contributed by atoms with van der Waals surface area (Å²) in [6.45, 7) is 2.66. The molecule has 2 aromatic rings. The first-order valence-corrected chi connectivity index (χ1v) is 6.89. The Kier molecular flexibility index (Phi) is 3.82. The fourth-order valence-corrected chi connectivity index (χ4v) is 2.17. The van der Waals surface area contributed by atoms with Crippen molar-refractivity contribution in [1.29, 1.82) is 0 Å². The SMILES string of the molecule is Cc1cc(OC2CN(C(=O)/C=C/c3ccco3)C2)cc(=O)o1. The third-order valence-electron chi connectivity index (χ3n) is 3.26. The van der Waals surface area contributed by atoms with Gasteiger partial charge in [0.15, 0.2) is 0 Å². The lowest BCUT2D eigenvalue weighted by Gasteiger charge is -2.38. The zero-order valence-electron chi connectivity index (χ0n) is 12.0. The van der Waals surface area contributed by atoms with Crippen molar-refractivity contribution in [3.63, 3.8) is 0 Å². The van der Waals surface area contributed by atoms with Gasteiger partial charge in [-0.3, -0.25) is 4.79 Å². The molecule has 1 saturated heterocycles. The second-order valence-corrected chi connectivity index (χ2v) is 5.05. The Morgan fingerprint density at radius 2 is 2.23 bits per heavy atom. The summed E-state index contributed by atoms with van der Waals surface area (Å²) in [5, 5.41) is 0. The van der Waals surface area contributed by atoms with Crippen molar-refractivity contribution < 1.29 is 18.4 Å². The van der Waals surface area contributed by atoms with E-state index >= 15 is 0 Å². The molecule has 22 heavy (non-hydrogen) atoms. The number of hydrogen-bond donors (Lipinski definition) is 0. The summed E-state index contributed by atoms with van der Waals surface area (Å²) in [5.74, 6) is 1.50. The Bertz CT molecular complexity index is 738. The van der Waals surface area contributed by atoms with Crippen LogP contribution in [-0.4, -0.2) is 30.0 Å². The standard InChI is InChI=1S/C16H15NO5/c1-11-7-13(8-16(19)21-11)22-14-9-17(10-14)15(18)5-4-12-3-2-6-20-12/h2-8,14H,9-10H2,1H3/b5-4+. The summed E-state index contributed by atoms with van der Waals surface area (Å²) in [6, 6.07) is 6.49. The number of aryl methyl sites for hydroxylation is 1. The summed E-state index contributed by atoms with van der Waals surface area (Å²) < 4.78 is 15.6. The highest BCUT2D eigenvalue weighted by Gasteiger charge is 2.31. The largest absolute Gasteiger partial charge is 0.486 e. The topological polar surface area (TPSA) is 72.9 Å². The summed E-state index contributed by atoms with van der Waals surface area (Å²) in [4.78, 5) is 24.8. The molecule has 1 aliphatic rings. The van der Waals surface area contributed by atoms with Crippen molar-refractivity contribution in [1.82, 2.24) is 4.90 Å². The number of carbonyl (C=O) groups excluding carboxylic acids is 1. The van der Waals surface area contributed by atoms with Gasteiger partial charge in [0.05, 0.1) is 25.4 Å². The molecule has 0 aromatic carbocycles. The van der Waals surface area contributed by atoms with Crippen molar-refractivity contribution in [3.05, 3.63) is 58.5 Å². The molecule has 114 valence electrons. The molecule has 1 amide bonds. The van der Waals surface area contributed by atoms with Crippen LogP contribution in [0.3, 0.4) is 0 Å². The van der Waals surface area contributed by atoms with Crippen LogP contribution in [0.25, 0.3) is 6.08 Å². The Morgan fingerprint density at radius 3 is 2.91 bits per heavy atom. The van der Waals surface area contributed by atoms with Gasteiger partial charge >= 0.3 is 5.63 Å². The summed E-state index contributed by atoms with van der Waals surface area (Å²) >= 11 is 0. The molecular weight excluding hydrogens is 286 g/mol. The van der Waals surface area contributed by atoms with E-state index in [2.05, 4.69) is 0 Å². The van der Waals surface area contributed by atoms with Crippen LogP contribution in [-0.2, 0) is 4.79 Å². The molecule has 0 saturated carbocycles. The van der Waals surface area contributed by atoms with Crippen LogP contribution in [0.15, 0.2) is 50.2 Å². The Hall–Kier alpha value is -2.76. The van der Waals surface area contributed by atoms with E-state index in [0.717, 1.165) is 0 Å². The Morgan fingerprint density at radius 1 is 1.41 bits per heavy atom. The van der Waals surface area contributed by atoms with E-state index in [9.17, 15) is 9.59 Å². The molecule has 0 bridgehead atoms. The van der Waals surface area contributed by atoms with Crippen molar-refractivity contribution in [2.75, 3.05) is 13.1 Å². The lowest BCUT2D eigenvalue weighted by atomic mass is 10.1. The third-order valence-corrected chi connectivity index (χ3v) is 3.26. The molecule has 0 N–H and O–H groups in total. The molecule has 0 spiro atoms. The van der Waals surface area contributed by atoms with E-state index in [1.807, 2.05) is 0 Å². The highest BCUT2D eigenvalue weighted by Crippen LogP contribution is 2.18. The summed E-state index contributed by atoms with van der Waals surface area (Å²) in [7, 11) is 0. The molecule has 1 fully saturated rings. The highest BCUT2D eigenvalue weighted by atomic mass is 16.5. The van der Waals surface area contributed by atoms with Crippen molar-refractivity contribution in [3.8, 4) is 5.75 Å². The molecule has 0 unspecified atom stereocenters. The quantitative estimate of drug-likeness (QED) is 0.806. The highest BCUT2D eigenvalue weighted by molar-refractivity contribution is 5.92. The van der Waals surface area contributed by atoms with E-state index in [1.165, 1.54) is 12.1 Å². The number of carbonyl (C=O) groups is 1. The molecule has 2 aromatic heterocycles. The van der Waals surface area contributed by atoms with E-state index in [1.54, 1.807) is 42.4 Å². The van der Waals surface area contributed by atoms with Gasteiger partial charge in [-0.1, -0.05) is 0 Å². The number of likely N-dealkylation sites (tertiary alicyclic amines) is 1. The van der Waals surface area contributed by atoms with E-state index in [0.29, 0.717) is 30.4 Å². The van der Waals surface area contributed by atoms with E-state index in [-0.39, 0.29) is 12.0 Å². The van der Waals surface area contributed by atoms with Crippen LogP contribution < -0.4 is 10.4 Å². The van der Waals surface area contributed by atoms with Gasteiger partial charge in [-0.25, -0.2) is 4.79 Å². The minimum absolute atomic E-state index is 0.0972. The molecule has 6 nitrogen and oxygen atoms in total. The predicted octanol–water partition coefficient (Wildman–Crippen LogP) is 1.84. The fourth-order valence-electron chi connectivity index (χ4n) is 2.17. The molecule has 6 heteroatoms. The molecular formula is C16H15NO5. The number of rotatable bonds is 4. The number of nitrogens with zero attached hydrogens (tertiary/aromatic N) is 1. The van der Waals surface area contributed by atoms with Gasteiger partial charge in [0.1, 0.15) is 23.4 Å². The van der Waals surface area contributed by atoms with Crippen molar-refractivity contribution in [2.45, 2.75) is 13.0 Å². The molecule has 0 atom stereocenters. The predicted molar refractivity (Wildman–Crippen MR) is 78.5 cm³/mol. The molecule has 1 aliphatic heterocycles. The van der Waals surface area contributed by atoms with Gasteiger partial charge in [-0.2, -0.15) is 0 Å². The van der Waals surface area contributed by atoms with Crippen LogP contribution in [0.4, 0.5) is 0 Å². The first kappa shape index (κ1) is 14.2. The number of furan rings is 1. The zero-order chi connectivity index (χ0) is 15.5. The van der Waals surface area contributed by atoms with E-state index in [4.69, 9.17) is 13.6 Å². The molecule has 3 rings (SSSR count). The van der Waals surface area contributed by atoms with Crippen molar-refractivity contribution >= 4 is 12.0 Å². The van der Waals surface area contributed by atoms with Crippen LogP contribution in [0, 0.1) is 6.92 Å². The number of ether oxygens (including phenoxy) is 1. The average Bonchev–Trinajstić information content (AvgIpc) is 2.92. The summed E-state index contributed by atoms with van der Waals surface area (Å²) in [5.41, 5.74) is -0.441. The first-order valence-electron chi connectivity index (χ1n) is 6.89. The molecule has 0 radical (unpaired) electrons. The Balaban J connectivity index is 1.51. The van der Waals surface area contributed by atoms with Gasteiger partial charge in [0.2, 0.25) is 5.91 Å². The molecule has 0 aliphatic carbocycles. The first-order chi connectivity index (χ1) is 10.6. The number of hydrogen-bond acceptors (Lipinski definition) is 5. The minimum atomic E-state index is -0.441. The Labute approximate surface area is 126 Å². The minimum Gasteiger partial charge on any atom is -0.486 e. The van der Waals surface area contributed by atoms with Gasteiger partial charge in [0.25, 0.3) is 0 Å². The smallest absolute Gasteiger partial charge is 0.339 e. The third kappa shape index (κ3) is 3.28. The second-order valence-electron chi connectivity index (χ2n) is 5.05. The second kappa shape index (κ2) is 5.93. The maximum absolute atomic E-state index is 11.9. The van der Waals surface area contributed by atoms with Crippen LogP contribution >= 0.6 is 0 Å². The normalized spacial score (nSPS) is 15.0. The van der Waals surface area contributed by atoms with Gasteiger partial charge < -0.3 is 18.5 Å². The van der Waals surface area contributed by atoms with Gasteiger partial charge in [-0.05, 0) is 25.1 Å². The number of amides is 1. The zero-order valence-corrected chi connectivity index (χ0v) is 12.0. The van der Waals surface area contributed by atoms with Crippen LogP contribution in [0.5, 0.6) is 5.75 Å². The van der Waals surface area contributed by atoms with Gasteiger partial charge in [0, 0.05) is 12.1 Å². The monoisotopic (exact) mass is 301 g/mol. The maximum atomic E-state index is 11.9. The summed E-state index contributed by atoms with van der Waals surface area (Å²) in [6.07, 6.45) is 4.54. The fraction of sp³-hybridized carbons (Fsp3) is 0.250.